The summed E-state index contributed by atoms with van der Waals surface area (Å²) in [6, 6.07) is 8.10. The van der Waals surface area contributed by atoms with Crippen LogP contribution in [-0.2, 0) is 13.0 Å². The van der Waals surface area contributed by atoms with Gasteiger partial charge in [0.2, 0.25) is 0 Å². The lowest BCUT2D eigenvalue weighted by atomic mass is 10.1. The molecule has 0 amide bonds. The lowest BCUT2D eigenvalue weighted by molar-refractivity contribution is 0.300. The van der Waals surface area contributed by atoms with Crippen molar-refractivity contribution in [1.82, 2.24) is 4.98 Å². The Bertz CT molecular complexity index is 588. The van der Waals surface area contributed by atoms with Crippen LogP contribution in [0, 0.1) is 0 Å². The number of aromatic nitrogens is 1. The summed E-state index contributed by atoms with van der Waals surface area (Å²) < 4.78 is 7.84. The molecule has 0 aliphatic heterocycles. The van der Waals surface area contributed by atoms with Crippen LogP contribution < -0.4 is 10.5 Å². The largest absolute Gasteiger partial charge is 0.487 e. The maximum atomic E-state index is 5.95. The zero-order valence-electron chi connectivity index (χ0n) is 11.1. The molecule has 2 aromatic rings. The van der Waals surface area contributed by atoms with E-state index in [2.05, 4.69) is 36.8 Å². The van der Waals surface area contributed by atoms with E-state index in [1.54, 1.807) is 12.4 Å². The van der Waals surface area contributed by atoms with E-state index in [-0.39, 0.29) is 6.04 Å². The summed E-state index contributed by atoms with van der Waals surface area (Å²) in [6.45, 7) is 2.46. The van der Waals surface area contributed by atoms with Crippen LogP contribution in [0.2, 0.25) is 0 Å². The molecular weight excluding hydrogens is 384 g/mol. The molecule has 0 fully saturated rings. The number of pyridine rings is 1. The van der Waals surface area contributed by atoms with E-state index in [0.717, 1.165) is 32.2 Å². The minimum absolute atomic E-state index is 0.0965. The molecule has 1 aromatic heterocycles. The van der Waals surface area contributed by atoms with Gasteiger partial charge in [-0.15, -0.1) is 0 Å². The molecule has 106 valence electrons. The van der Waals surface area contributed by atoms with Crippen molar-refractivity contribution in [1.29, 1.82) is 0 Å². The van der Waals surface area contributed by atoms with Crippen LogP contribution in [0.3, 0.4) is 0 Å². The first-order valence-corrected chi connectivity index (χ1v) is 7.90. The minimum Gasteiger partial charge on any atom is -0.487 e. The number of halogens is 2. The fraction of sp³-hybridized carbons (Fsp3) is 0.267. The predicted molar refractivity (Wildman–Crippen MR) is 87.8 cm³/mol. The van der Waals surface area contributed by atoms with Gasteiger partial charge >= 0.3 is 0 Å². The first kappa shape index (κ1) is 15.5. The number of rotatable bonds is 5. The van der Waals surface area contributed by atoms with Gasteiger partial charge in [-0.1, -0.05) is 12.1 Å². The Balaban J connectivity index is 2.16. The van der Waals surface area contributed by atoms with Crippen LogP contribution in [0.4, 0.5) is 0 Å². The number of nitrogens with zero attached hydrogens (tertiary/aromatic N) is 1. The Morgan fingerprint density at radius 3 is 2.80 bits per heavy atom. The number of hydrogen-bond donors (Lipinski definition) is 1. The highest BCUT2D eigenvalue weighted by Gasteiger charge is 2.10. The van der Waals surface area contributed by atoms with E-state index < -0.39 is 0 Å². The van der Waals surface area contributed by atoms with Gasteiger partial charge in [0.15, 0.2) is 0 Å². The van der Waals surface area contributed by atoms with Crippen LogP contribution in [0.5, 0.6) is 5.75 Å². The lowest BCUT2D eigenvalue weighted by Gasteiger charge is -2.14. The highest BCUT2D eigenvalue weighted by atomic mass is 79.9. The number of ether oxygens (including phenoxy) is 1. The minimum atomic E-state index is 0.0965. The Hall–Kier alpha value is -0.910. The first-order chi connectivity index (χ1) is 9.56. The maximum absolute atomic E-state index is 5.95. The monoisotopic (exact) mass is 398 g/mol. The van der Waals surface area contributed by atoms with Crippen LogP contribution >= 0.6 is 31.9 Å². The van der Waals surface area contributed by atoms with Crippen molar-refractivity contribution in [2.75, 3.05) is 0 Å². The van der Waals surface area contributed by atoms with Gasteiger partial charge in [0, 0.05) is 28.5 Å². The van der Waals surface area contributed by atoms with Crippen molar-refractivity contribution < 1.29 is 4.74 Å². The summed E-state index contributed by atoms with van der Waals surface area (Å²) in [6.07, 6.45) is 4.34. The topological polar surface area (TPSA) is 48.1 Å². The van der Waals surface area contributed by atoms with E-state index in [9.17, 15) is 0 Å². The molecule has 1 heterocycles. The van der Waals surface area contributed by atoms with Gasteiger partial charge < -0.3 is 10.5 Å². The van der Waals surface area contributed by atoms with Crippen LogP contribution in [0.1, 0.15) is 18.1 Å². The van der Waals surface area contributed by atoms with Crippen molar-refractivity contribution >= 4 is 31.9 Å². The molecule has 0 bridgehead atoms. The number of para-hydroxylation sites is 1. The van der Waals surface area contributed by atoms with Gasteiger partial charge in [0.1, 0.15) is 12.4 Å². The van der Waals surface area contributed by atoms with Gasteiger partial charge in [-0.3, -0.25) is 4.98 Å². The maximum Gasteiger partial charge on any atom is 0.137 e. The quantitative estimate of drug-likeness (QED) is 0.823. The Morgan fingerprint density at radius 2 is 2.10 bits per heavy atom. The molecule has 3 nitrogen and oxygen atoms in total. The second kappa shape index (κ2) is 7.20. The van der Waals surface area contributed by atoms with Gasteiger partial charge in [-0.05, 0) is 62.9 Å². The van der Waals surface area contributed by atoms with E-state index in [4.69, 9.17) is 10.5 Å². The Kier molecular flexibility index (Phi) is 5.57. The molecular formula is C15H16Br2N2O. The van der Waals surface area contributed by atoms with Crippen LogP contribution in [-0.4, -0.2) is 11.0 Å². The van der Waals surface area contributed by atoms with E-state index in [1.807, 2.05) is 31.2 Å². The summed E-state index contributed by atoms with van der Waals surface area (Å²) in [5.74, 6) is 0.852. The van der Waals surface area contributed by atoms with Gasteiger partial charge in [-0.2, -0.15) is 0 Å². The molecule has 2 N–H and O–H groups in total. The molecule has 0 saturated carbocycles. The highest BCUT2D eigenvalue weighted by molar-refractivity contribution is 9.10. The molecule has 5 heteroatoms. The van der Waals surface area contributed by atoms with E-state index in [1.165, 1.54) is 0 Å². The number of nitrogens with two attached hydrogens (primary N) is 1. The van der Waals surface area contributed by atoms with E-state index in [0.29, 0.717) is 6.61 Å². The summed E-state index contributed by atoms with van der Waals surface area (Å²) in [4.78, 5) is 4.13. The third-order valence-corrected chi connectivity index (χ3v) is 3.79. The highest BCUT2D eigenvalue weighted by Crippen LogP contribution is 2.30. The zero-order valence-corrected chi connectivity index (χ0v) is 14.3. The van der Waals surface area contributed by atoms with Gasteiger partial charge in [-0.25, -0.2) is 0 Å². The standard InChI is InChI=1S/C15H16Br2N2O/c1-10(18)5-12-3-2-4-14(17)15(12)20-9-11-6-13(16)8-19-7-11/h2-4,6-8,10H,5,9,18H2,1H3. The average molecular weight is 400 g/mol. The van der Waals surface area contributed by atoms with Crippen LogP contribution in [0.15, 0.2) is 45.6 Å². The molecule has 0 aliphatic carbocycles. The fourth-order valence-electron chi connectivity index (χ4n) is 1.91. The van der Waals surface area contributed by atoms with Crippen molar-refractivity contribution in [3.05, 3.63) is 56.7 Å². The molecule has 0 radical (unpaired) electrons. The van der Waals surface area contributed by atoms with Crippen LogP contribution in [0.25, 0.3) is 0 Å². The third-order valence-electron chi connectivity index (χ3n) is 2.74. The second-order valence-corrected chi connectivity index (χ2v) is 6.48. The fourth-order valence-corrected chi connectivity index (χ4v) is 2.85. The number of hydrogen-bond acceptors (Lipinski definition) is 3. The molecule has 0 saturated heterocycles. The summed E-state index contributed by atoms with van der Waals surface area (Å²) in [5, 5.41) is 0. The summed E-state index contributed by atoms with van der Waals surface area (Å²) in [5.41, 5.74) is 8.01. The summed E-state index contributed by atoms with van der Waals surface area (Å²) >= 11 is 6.94. The van der Waals surface area contributed by atoms with Crippen molar-refractivity contribution in [3.63, 3.8) is 0 Å². The Labute approximate surface area is 135 Å². The van der Waals surface area contributed by atoms with Crippen molar-refractivity contribution in [2.45, 2.75) is 26.0 Å². The predicted octanol–water partition coefficient (Wildman–Crippen LogP) is 4.08. The van der Waals surface area contributed by atoms with Crippen molar-refractivity contribution in [2.24, 2.45) is 5.73 Å². The zero-order chi connectivity index (χ0) is 14.5. The summed E-state index contributed by atoms with van der Waals surface area (Å²) in [7, 11) is 0. The molecule has 1 aromatic carbocycles. The second-order valence-electron chi connectivity index (χ2n) is 4.71. The SMILES string of the molecule is CC(N)Cc1cccc(Br)c1OCc1cncc(Br)c1. The van der Waals surface area contributed by atoms with Crippen molar-refractivity contribution in [3.8, 4) is 5.75 Å². The van der Waals surface area contributed by atoms with E-state index >= 15 is 0 Å². The molecule has 20 heavy (non-hydrogen) atoms. The Morgan fingerprint density at radius 1 is 1.30 bits per heavy atom. The smallest absolute Gasteiger partial charge is 0.137 e. The lowest BCUT2D eigenvalue weighted by Crippen LogP contribution is -2.18. The first-order valence-electron chi connectivity index (χ1n) is 6.31. The normalized spacial score (nSPS) is 12.2. The molecule has 2 rings (SSSR count). The molecule has 0 spiro atoms. The number of benzene rings is 1. The molecule has 1 unspecified atom stereocenters. The van der Waals surface area contributed by atoms with Gasteiger partial charge in [0.05, 0.1) is 4.47 Å². The molecule has 1 atom stereocenters. The average Bonchev–Trinajstić information content (AvgIpc) is 2.37. The van der Waals surface area contributed by atoms with Gasteiger partial charge in [0.25, 0.3) is 0 Å². The molecule has 0 aliphatic rings. The third kappa shape index (κ3) is 4.30.